The molecule has 2 aliphatic heterocycles. The third-order valence-electron chi connectivity index (χ3n) is 11.0. The first-order valence-corrected chi connectivity index (χ1v) is 19.5. The molecule has 2 amide bonds. The number of hydrogen-bond donors (Lipinski definition) is 1. The van der Waals surface area contributed by atoms with Gasteiger partial charge in [0.25, 0.3) is 5.91 Å². The van der Waals surface area contributed by atoms with Gasteiger partial charge in [-0.2, -0.15) is 0 Å². The van der Waals surface area contributed by atoms with E-state index in [4.69, 9.17) is 44.3 Å². The van der Waals surface area contributed by atoms with Crippen LogP contribution in [0, 0.1) is 27.7 Å². The first-order valence-electron chi connectivity index (χ1n) is 18.3. The molecular formula is C42H50Cl3N3O4. The van der Waals surface area contributed by atoms with Crippen molar-refractivity contribution in [2.24, 2.45) is 0 Å². The van der Waals surface area contributed by atoms with Crippen molar-refractivity contribution in [3.05, 3.63) is 105 Å². The number of aryl methyl sites for hydroxylation is 3. The van der Waals surface area contributed by atoms with E-state index in [1.54, 1.807) is 18.7 Å². The Labute approximate surface area is 323 Å². The Hall–Kier alpha value is -3.23. The number of rotatable bonds is 11. The van der Waals surface area contributed by atoms with Gasteiger partial charge in [0, 0.05) is 37.7 Å². The summed E-state index contributed by atoms with van der Waals surface area (Å²) >= 11 is 18.7. The Morgan fingerprint density at radius 1 is 0.885 bits per heavy atom. The molecule has 3 aliphatic rings. The van der Waals surface area contributed by atoms with Crippen molar-refractivity contribution in [3.8, 4) is 5.75 Å². The fraction of sp³-hybridized carbons (Fsp3) is 0.476. The van der Waals surface area contributed by atoms with Gasteiger partial charge in [0.15, 0.2) is 5.60 Å². The van der Waals surface area contributed by atoms with E-state index in [2.05, 4.69) is 81.5 Å². The molecule has 2 heterocycles. The van der Waals surface area contributed by atoms with Crippen molar-refractivity contribution in [1.82, 2.24) is 15.1 Å². The Morgan fingerprint density at radius 2 is 1.58 bits per heavy atom. The number of ether oxygens (including phenoxy) is 2. The smallest absolute Gasteiger partial charge is 0.411 e. The number of nitrogens with one attached hydrogen (secondary N) is 1. The number of benzene rings is 3. The molecule has 10 heteroatoms. The monoisotopic (exact) mass is 765 g/mol. The van der Waals surface area contributed by atoms with E-state index in [1.165, 1.54) is 22.3 Å². The maximum Gasteiger partial charge on any atom is 0.411 e. The van der Waals surface area contributed by atoms with Crippen LogP contribution in [-0.4, -0.2) is 75.6 Å². The summed E-state index contributed by atoms with van der Waals surface area (Å²) in [7, 11) is 0. The summed E-state index contributed by atoms with van der Waals surface area (Å²) in [6.07, 6.45) is 3.33. The maximum atomic E-state index is 15.0. The minimum atomic E-state index is -1.84. The second-order valence-electron chi connectivity index (χ2n) is 15.1. The van der Waals surface area contributed by atoms with E-state index in [1.807, 2.05) is 17.0 Å². The number of piperazine rings is 1. The molecule has 1 saturated heterocycles. The summed E-state index contributed by atoms with van der Waals surface area (Å²) in [4.78, 5) is 32.7. The predicted molar refractivity (Wildman–Crippen MR) is 211 cm³/mol. The molecule has 2 bridgehead atoms. The van der Waals surface area contributed by atoms with Crippen molar-refractivity contribution in [2.75, 3.05) is 26.2 Å². The average molecular weight is 767 g/mol. The summed E-state index contributed by atoms with van der Waals surface area (Å²) in [5, 5.41) is 3.48. The fourth-order valence-corrected chi connectivity index (χ4v) is 7.48. The van der Waals surface area contributed by atoms with Gasteiger partial charge >= 0.3 is 6.09 Å². The van der Waals surface area contributed by atoms with Crippen LogP contribution in [0.5, 0.6) is 5.75 Å². The fourth-order valence-electron chi connectivity index (χ4n) is 7.36. The summed E-state index contributed by atoms with van der Waals surface area (Å²) < 4.78 is 10.3. The highest BCUT2D eigenvalue weighted by Gasteiger charge is 2.50. The van der Waals surface area contributed by atoms with Gasteiger partial charge < -0.3 is 19.7 Å². The lowest BCUT2D eigenvalue weighted by Crippen LogP contribution is -2.64. The van der Waals surface area contributed by atoms with Crippen LogP contribution in [0.4, 0.5) is 4.79 Å². The van der Waals surface area contributed by atoms with Crippen molar-refractivity contribution in [3.63, 3.8) is 0 Å². The molecule has 0 aromatic heterocycles. The molecule has 1 N–H and O–H groups in total. The van der Waals surface area contributed by atoms with Crippen LogP contribution in [0.3, 0.4) is 0 Å². The Kier molecular flexibility index (Phi) is 11.6. The SMILES string of the molecule is Cc1ccccc1CCN(C(=O)C1=C(c2ccc(CCOc3c(C)ccc(C)c3C)cc2)CC2CNCC1N2C(=O)OC(C)(C)C(Cl)(Cl)Cl)C1CC1. The van der Waals surface area contributed by atoms with Gasteiger partial charge in [-0.1, -0.05) is 95.5 Å². The third-order valence-corrected chi connectivity index (χ3v) is 12.3. The van der Waals surface area contributed by atoms with Crippen molar-refractivity contribution in [2.45, 2.75) is 101 Å². The van der Waals surface area contributed by atoms with Gasteiger partial charge in [-0.3, -0.25) is 9.69 Å². The van der Waals surface area contributed by atoms with Crippen LogP contribution < -0.4 is 10.1 Å². The number of carbonyl (C=O) groups is 2. The summed E-state index contributed by atoms with van der Waals surface area (Å²) in [5.74, 6) is 0.924. The molecule has 7 nitrogen and oxygen atoms in total. The van der Waals surface area contributed by atoms with Crippen LogP contribution in [0.25, 0.3) is 5.57 Å². The number of alkyl halides is 3. The molecule has 2 fully saturated rings. The van der Waals surface area contributed by atoms with Gasteiger partial charge in [0.1, 0.15) is 5.75 Å². The van der Waals surface area contributed by atoms with Crippen LogP contribution in [-0.2, 0) is 22.4 Å². The van der Waals surface area contributed by atoms with E-state index in [9.17, 15) is 9.59 Å². The average Bonchev–Trinajstić information content (AvgIpc) is 3.93. The lowest BCUT2D eigenvalue weighted by Gasteiger charge is -2.48. The molecule has 52 heavy (non-hydrogen) atoms. The zero-order valence-corrected chi connectivity index (χ0v) is 33.3. The molecule has 3 aromatic rings. The Balaban J connectivity index is 1.31. The van der Waals surface area contributed by atoms with E-state index in [-0.39, 0.29) is 18.0 Å². The lowest BCUT2D eigenvalue weighted by atomic mass is 9.81. The van der Waals surface area contributed by atoms with Crippen molar-refractivity contribution < 1.29 is 19.1 Å². The van der Waals surface area contributed by atoms with E-state index < -0.39 is 21.5 Å². The molecule has 1 saturated carbocycles. The summed E-state index contributed by atoms with van der Waals surface area (Å²) in [6, 6.07) is 20.4. The van der Waals surface area contributed by atoms with Gasteiger partial charge in [-0.25, -0.2) is 4.79 Å². The van der Waals surface area contributed by atoms with E-state index >= 15 is 0 Å². The van der Waals surface area contributed by atoms with Gasteiger partial charge in [-0.15, -0.1) is 0 Å². The predicted octanol–water partition coefficient (Wildman–Crippen LogP) is 8.86. The molecule has 278 valence electrons. The summed E-state index contributed by atoms with van der Waals surface area (Å²) in [6.45, 7) is 13.7. The molecule has 2 atom stereocenters. The lowest BCUT2D eigenvalue weighted by molar-refractivity contribution is -0.128. The number of halogens is 3. The third kappa shape index (κ3) is 8.28. The molecule has 3 aromatic carbocycles. The van der Waals surface area contributed by atoms with Crippen LogP contribution in [0.15, 0.2) is 66.2 Å². The number of fused-ring (bicyclic) bond motifs is 2. The minimum absolute atomic E-state index is 0.0296. The number of carbonyl (C=O) groups excluding carboxylic acids is 2. The zero-order chi connectivity index (χ0) is 37.4. The van der Waals surface area contributed by atoms with Gasteiger partial charge in [0.2, 0.25) is 3.79 Å². The van der Waals surface area contributed by atoms with E-state index in [0.29, 0.717) is 38.2 Å². The highest BCUT2D eigenvalue weighted by atomic mass is 35.6. The second-order valence-corrected chi connectivity index (χ2v) is 17.3. The van der Waals surface area contributed by atoms with Gasteiger partial charge in [-0.05, 0) is 112 Å². The molecular weight excluding hydrogens is 717 g/mol. The normalized spacial score (nSPS) is 19.1. The Bertz CT molecular complexity index is 1830. The number of nitrogens with zero attached hydrogens (tertiary/aromatic N) is 2. The summed E-state index contributed by atoms with van der Waals surface area (Å²) in [5.41, 5.74) is 8.30. The van der Waals surface area contributed by atoms with Crippen molar-refractivity contribution >= 4 is 52.4 Å². The standard InChI is InChI=1S/C42H50Cl3N3O4/c1-26-11-12-28(3)38(29(26)4)51-22-20-30-13-15-32(16-14-30)35-23-34-24-46-25-36(48(34)40(50)52-41(5,6)42(43,44)45)37(35)39(49)47(33-17-18-33)21-19-31-10-8-7-9-27(31)2/h7-16,33-34,36,46H,17-25H2,1-6H3. The Morgan fingerprint density at radius 3 is 2.25 bits per heavy atom. The van der Waals surface area contributed by atoms with E-state index in [0.717, 1.165) is 53.7 Å². The van der Waals surface area contributed by atoms with Crippen LogP contribution >= 0.6 is 34.8 Å². The quantitative estimate of drug-likeness (QED) is 0.198. The molecule has 0 spiro atoms. The highest BCUT2D eigenvalue weighted by molar-refractivity contribution is 6.68. The van der Waals surface area contributed by atoms with Crippen LogP contribution in [0.1, 0.15) is 72.1 Å². The highest BCUT2D eigenvalue weighted by Crippen LogP contribution is 2.43. The topological polar surface area (TPSA) is 71.1 Å². The minimum Gasteiger partial charge on any atom is -0.493 e. The number of hydrogen-bond acceptors (Lipinski definition) is 5. The maximum absolute atomic E-state index is 15.0. The zero-order valence-electron chi connectivity index (χ0n) is 31.0. The van der Waals surface area contributed by atoms with Crippen molar-refractivity contribution in [1.29, 1.82) is 0 Å². The molecule has 0 radical (unpaired) electrons. The molecule has 1 aliphatic carbocycles. The molecule has 2 unspecified atom stereocenters. The largest absolute Gasteiger partial charge is 0.493 e. The second kappa shape index (κ2) is 15.6. The first kappa shape index (κ1) is 38.5. The van der Waals surface area contributed by atoms with Gasteiger partial charge in [0.05, 0.1) is 18.7 Å². The number of amides is 2. The molecule has 6 rings (SSSR count). The van der Waals surface area contributed by atoms with Crippen LogP contribution in [0.2, 0.25) is 0 Å². The first-order chi connectivity index (χ1) is 24.7.